The van der Waals surface area contributed by atoms with Crippen molar-refractivity contribution < 1.29 is 8.81 Å². The van der Waals surface area contributed by atoms with Crippen molar-refractivity contribution >= 4 is 10.9 Å². The van der Waals surface area contributed by atoms with E-state index < -0.39 is 0 Å². The molecule has 0 aliphatic heterocycles. The average Bonchev–Trinajstić information content (AvgIpc) is 2.87. The summed E-state index contributed by atoms with van der Waals surface area (Å²) >= 11 is 0. The van der Waals surface area contributed by atoms with E-state index in [9.17, 15) is 4.39 Å². The van der Waals surface area contributed by atoms with E-state index in [-0.39, 0.29) is 5.82 Å². The summed E-state index contributed by atoms with van der Waals surface area (Å²) in [7, 11) is 0. The molecule has 86 valence electrons. The van der Waals surface area contributed by atoms with Gasteiger partial charge in [-0.1, -0.05) is 0 Å². The number of nitrogens with zero attached hydrogens (tertiary/aromatic N) is 1. The monoisotopic (exact) mass is 229 g/mol. The van der Waals surface area contributed by atoms with Crippen LogP contribution in [0, 0.1) is 12.7 Å². The van der Waals surface area contributed by atoms with Crippen molar-refractivity contribution in [2.24, 2.45) is 0 Å². The van der Waals surface area contributed by atoms with Crippen LogP contribution in [0.2, 0.25) is 0 Å². The molecule has 0 unspecified atom stereocenters. The second kappa shape index (κ2) is 3.77. The zero-order valence-corrected chi connectivity index (χ0v) is 9.48. The van der Waals surface area contributed by atoms with Gasteiger partial charge in [0.1, 0.15) is 17.3 Å². The van der Waals surface area contributed by atoms with Gasteiger partial charge in [-0.3, -0.25) is 0 Å². The normalized spacial score (nSPS) is 11.2. The van der Waals surface area contributed by atoms with Crippen LogP contribution < -0.4 is 0 Å². The molecule has 0 spiro atoms. The van der Waals surface area contributed by atoms with Gasteiger partial charge in [-0.05, 0) is 48.7 Å². The van der Waals surface area contributed by atoms with Crippen LogP contribution in [0.15, 0.2) is 47.0 Å². The van der Waals surface area contributed by atoms with Crippen molar-refractivity contribution in [2.75, 3.05) is 0 Å². The average molecular weight is 229 g/mol. The van der Waals surface area contributed by atoms with Crippen LogP contribution in [0.25, 0.3) is 10.9 Å². The van der Waals surface area contributed by atoms with Gasteiger partial charge in [0.25, 0.3) is 0 Å². The topological polar surface area (TPSA) is 18.1 Å². The summed E-state index contributed by atoms with van der Waals surface area (Å²) in [6.45, 7) is 2.54. The second-order valence-electron chi connectivity index (χ2n) is 4.16. The van der Waals surface area contributed by atoms with Gasteiger partial charge in [-0.15, -0.1) is 0 Å². The Morgan fingerprint density at radius 3 is 2.82 bits per heavy atom. The van der Waals surface area contributed by atoms with E-state index >= 15 is 0 Å². The molecule has 3 rings (SSSR count). The molecule has 0 N–H and O–H groups in total. The molecule has 3 aromatic rings. The summed E-state index contributed by atoms with van der Waals surface area (Å²) in [5, 5.41) is 1.04. The molecule has 0 bridgehead atoms. The number of rotatable bonds is 2. The van der Waals surface area contributed by atoms with Crippen molar-refractivity contribution in [1.29, 1.82) is 0 Å². The maximum atomic E-state index is 13.2. The fourth-order valence-corrected chi connectivity index (χ4v) is 2.03. The SMILES string of the molecule is Cc1ccc(Cn2ccc3ccc(F)cc32)o1. The lowest BCUT2D eigenvalue weighted by atomic mass is 10.2. The summed E-state index contributed by atoms with van der Waals surface area (Å²) < 4.78 is 20.7. The zero-order chi connectivity index (χ0) is 11.8. The highest BCUT2D eigenvalue weighted by Crippen LogP contribution is 2.19. The smallest absolute Gasteiger partial charge is 0.125 e. The van der Waals surface area contributed by atoms with Crippen molar-refractivity contribution in [1.82, 2.24) is 4.57 Å². The van der Waals surface area contributed by atoms with E-state index in [4.69, 9.17) is 4.42 Å². The van der Waals surface area contributed by atoms with Crippen molar-refractivity contribution in [3.05, 3.63) is 59.9 Å². The van der Waals surface area contributed by atoms with Crippen LogP contribution in [0.3, 0.4) is 0 Å². The first kappa shape index (κ1) is 10.1. The van der Waals surface area contributed by atoms with Gasteiger partial charge in [-0.25, -0.2) is 4.39 Å². The highest BCUT2D eigenvalue weighted by atomic mass is 19.1. The molecule has 0 fully saturated rings. The van der Waals surface area contributed by atoms with Gasteiger partial charge in [0.2, 0.25) is 0 Å². The second-order valence-corrected chi connectivity index (χ2v) is 4.16. The van der Waals surface area contributed by atoms with E-state index in [1.807, 2.05) is 35.9 Å². The number of benzene rings is 1. The van der Waals surface area contributed by atoms with Gasteiger partial charge < -0.3 is 8.98 Å². The van der Waals surface area contributed by atoms with Gasteiger partial charge in [0, 0.05) is 6.20 Å². The van der Waals surface area contributed by atoms with Crippen molar-refractivity contribution in [3.63, 3.8) is 0 Å². The molecule has 0 amide bonds. The summed E-state index contributed by atoms with van der Waals surface area (Å²) in [6.07, 6.45) is 1.95. The Hall–Kier alpha value is -2.03. The molecular formula is C14H12FNO. The Bertz CT molecular complexity index is 666. The fourth-order valence-electron chi connectivity index (χ4n) is 2.03. The third kappa shape index (κ3) is 1.84. The summed E-state index contributed by atoms with van der Waals surface area (Å²) in [5.74, 6) is 1.56. The lowest BCUT2D eigenvalue weighted by molar-refractivity contribution is 0.472. The Morgan fingerprint density at radius 2 is 2.06 bits per heavy atom. The minimum atomic E-state index is -0.215. The fraction of sp³-hybridized carbons (Fsp3) is 0.143. The number of aromatic nitrogens is 1. The first-order valence-corrected chi connectivity index (χ1v) is 5.52. The summed E-state index contributed by atoms with van der Waals surface area (Å²) in [6, 6.07) is 10.7. The van der Waals surface area contributed by atoms with Gasteiger partial charge in [0.15, 0.2) is 0 Å². The quantitative estimate of drug-likeness (QED) is 0.654. The van der Waals surface area contributed by atoms with Crippen LogP contribution in [-0.2, 0) is 6.54 Å². The third-order valence-electron chi connectivity index (χ3n) is 2.86. The standard InChI is InChI=1S/C14H12FNO/c1-10-2-5-13(17-10)9-16-7-6-11-3-4-12(15)8-14(11)16/h2-8H,9H2,1H3. The number of fused-ring (bicyclic) bond motifs is 1. The van der Waals surface area contributed by atoms with Crippen LogP contribution in [0.1, 0.15) is 11.5 Å². The van der Waals surface area contributed by atoms with Crippen LogP contribution in [0.5, 0.6) is 0 Å². The molecule has 3 heteroatoms. The number of halogens is 1. The lowest BCUT2D eigenvalue weighted by Gasteiger charge is -2.02. The molecule has 1 aromatic carbocycles. The molecule has 0 aliphatic rings. The van der Waals surface area contributed by atoms with E-state index in [2.05, 4.69) is 0 Å². The van der Waals surface area contributed by atoms with Gasteiger partial charge in [0.05, 0.1) is 12.1 Å². The molecule has 0 aliphatic carbocycles. The molecule has 2 nitrogen and oxygen atoms in total. The van der Waals surface area contributed by atoms with E-state index in [0.717, 1.165) is 22.4 Å². The number of hydrogen-bond donors (Lipinski definition) is 0. The highest BCUT2D eigenvalue weighted by molar-refractivity contribution is 5.80. The van der Waals surface area contributed by atoms with Crippen LogP contribution in [-0.4, -0.2) is 4.57 Å². The molecule has 2 heterocycles. The van der Waals surface area contributed by atoms with Crippen molar-refractivity contribution in [2.45, 2.75) is 13.5 Å². The highest BCUT2D eigenvalue weighted by Gasteiger charge is 2.05. The molecule has 0 radical (unpaired) electrons. The third-order valence-corrected chi connectivity index (χ3v) is 2.86. The van der Waals surface area contributed by atoms with Crippen LogP contribution in [0.4, 0.5) is 4.39 Å². The molecule has 2 aromatic heterocycles. The number of furan rings is 1. The van der Waals surface area contributed by atoms with Gasteiger partial charge in [-0.2, -0.15) is 0 Å². The maximum Gasteiger partial charge on any atom is 0.125 e. The Kier molecular flexibility index (Phi) is 2.25. The number of aryl methyl sites for hydroxylation is 1. The molecule has 0 saturated carbocycles. The first-order valence-electron chi connectivity index (χ1n) is 5.52. The van der Waals surface area contributed by atoms with E-state index in [1.165, 1.54) is 6.07 Å². The number of hydrogen-bond acceptors (Lipinski definition) is 1. The Balaban J connectivity index is 2.03. The van der Waals surface area contributed by atoms with Gasteiger partial charge >= 0.3 is 0 Å². The molecule has 0 atom stereocenters. The minimum Gasteiger partial charge on any atom is -0.464 e. The van der Waals surface area contributed by atoms with Crippen molar-refractivity contribution in [3.8, 4) is 0 Å². The summed E-state index contributed by atoms with van der Waals surface area (Å²) in [4.78, 5) is 0. The van der Waals surface area contributed by atoms with E-state index in [0.29, 0.717) is 6.54 Å². The lowest BCUT2D eigenvalue weighted by Crippen LogP contribution is -1.96. The molecular weight excluding hydrogens is 217 g/mol. The molecule has 17 heavy (non-hydrogen) atoms. The summed E-state index contributed by atoms with van der Waals surface area (Å²) in [5.41, 5.74) is 0.888. The Labute approximate surface area is 98.3 Å². The van der Waals surface area contributed by atoms with Crippen LogP contribution >= 0.6 is 0 Å². The Morgan fingerprint density at radius 1 is 1.18 bits per heavy atom. The maximum absolute atomic E-state index is 13.2. The predicted molar refractivity (Wildman–Crippen MR) is 64.4 cm³/mol. The molecule has 0 saturated heterocycles. The predicted octanol–water partition coefficient (Wildman–Crippen LogP) is 3.73. The first-order chi connectivity index (χ1) is 8.22. The minimum absolute atomic E-state index is 0.215. The zero-order valence-electron chi connectivity index (χ0n) is 9.48. The largest absolute Gasteiger partial charge is 0.464 e. The van der Waals surface area contributed by atoms with E-state index in [1.54, 1.807) is 12.1 Å².